The fourth-order valence-electron chi connectivity index (χ4n) is 3.28. The van der Waals surface area contributed by atoms with Crippen molar-refractivity contribution >= 4 is 0 Å². The van der Waals surface area contributed by atoms with Gasteiger partial charge in [0.05, 0.1) is 20.1 Å². The molecule has 1 unspecified atom stereocenters. The molecule has 1 nitrogen and oxygen atoms in total. The third-order valence-corrected chi connectivity index (χ3v) is 4.76. The van der Waals surface area contributed by atoms with E-state index < -0.39 is 0 Å². The normalized spacial score (nSPS) is 14.0. The highest BCUT2D eigenvalue weighted by Gasteiger charge is 2.20. The van der Waals surface area contributed by atoms with Gasteiger partial charge in [0.1, 0.15) is 6.54 Å². The van der Waals surface area contributed by atoms with Crippen LogP contribution >= 0.6 is 0 Å². The summed E-state index contributed by atoms with van der Waals surface area (Å²) in [6.45, 7) is 8.45. The van der Waals surface area contributed by atoms with Gasteiger partial charge < -0.3 is 4.48 Å². The molecule has 0 saturated heterocycles. The number of hydrogen-bond acceptors (Lipinski definition) is 0. The van der Waals surface area contributed by atoms with Gasteiger partial charge in [-0.3, -0.25) is 0 Å². The number of hydrogen-bond donors (Lipinski definition) is 0. The molecular formula is C21H38N+. The monoisotopic (exact) mass is 304 g/mol. The second-order valence-electron chi connectivity index (χ2n) is 7.19. The van der Waals surface area contributed by atoms with E-state index in [1.54, 1.807) is 0 Å². The molecule has 1 atom stereocenters. The van der Waals surface area contributed by atoms with Gasteiger partial charge in [0.15, 0.2) is 0 Å². The van der Waals surface area contributed by atoms with Gasteiger partial charge in [0, 0.05) is 5.56 Å². The van der Waals surface area contributed by atoms with Crippen LogP contribution in [-0.4, -0.2) is 24.6 Å². The first kappa shape index (κ1) is 19.2. The molecule has 0 fully saturated rings. The minimum absolute atomic E-state index is 1.19. The second-order valence-corrected chi connectivity index (χ2v) is 7.19. The second kappa shape index (κ2) is 11.7. The lowest BCUT2D eigenvalue weighted by atomic mass is 10.1. The van der Waals surface area contributed by atoms with Crippen LogP contribution in [0.15, 0.2) is 30.3 Å². The molecule has 0 heterocycles. The summed E-state index contributed by atoms with van der Waals surface area (Å²) in [5.74, 6) is 0. The van der Waals surface area contributed by atoms with Crippen LogP contribution in [0.1, 0.15) is 77.2 Å². The Morgan fingerprint density at radius 3 is 1.86 bits per heavy atom. The van der Waals surface area contributed by atoms with Crippen molar-refractivity contribution in [3.63, 3.8) is 0 Å². The van der Waals surface area contributed by atoms with Gasteiger partial charge in [0.25, 0.3) is 0 Å². The predicted octanol–water partition coefficient (Wildman–Crippen LogP) is 6.18. The highest BCUT2D eigenvalue weighted by atomic mass is 15.3. The highest BCUT2D eigenvalue weighted by Crippen LogP contribution is 2.16. The molecule has 0 N–H and O–H groups in total. The largest absolute Gasteiger partial charge is 0.322 e. The molecule has 1 heteroatoms. The molecule has 22 heavy (non-hydrogen) atoms. The van der Waals surface area contributed by atoms with Gasteiger partial charge in [-0.25, -0.2) is 0 Å². The third kappa shape index (κ3) is 8.58. The van der Waals surface area contributed by atoms with Crippen molar-refractivity contribution in [1.82, 2.24) is 0 Å². The molecule has 1 aromatic carbocycles. The molecule has 1 aromatic rings. The smallest absolute Gasteiger partial charge is 0.104 e. The first-order valence-electron chi connectivity index (χ1n) is 9.57. The average Bonchev–Trinajstić information content (AvgIpc) is 2.53. The summed E-state index contributed by atoms with van der Waals surface area (Å²) in [5.41, 5.74) is 1.49. The van der Waals surface area contributed by atoms with E-state index in [2.05, 4.69) is 51.2 Å². The van der Waals surface area contributed by atoms with Gasteiger partial charge >= 0.3 is 0 Å². The Morgan fingerprint density at radius 2 is 1.23 bits per heavy atom. The number of quaternary nitrogens is 1. The van der Waals surface area contributed by atoms with E-state index in [1.165, 1.54) is 87.5 Å². The van der Waals surface area contributed by atoms with Crippen LogP contribution in [0, 0.1) is 0 Å². The van der Waals surface area contributed by atoms with Gasteiger partial charge in [-0.2, -0.15) is 0 Å². The summed E-state index contributed by atoms with van der Waals surface area (Å²) in [6, 6.07) is 11.0. The van der Waals surface area contributed by atoms with Crippen molar-refractivity contribution in [2.75, 3.05) is 20.1 Å². The first-order valence-corrected chi connectivity index (χ1v) is 9.57. The van der Waals surface area contributed by atoms with E-state index >= 15 is 0 Å². The van der Waals surface area contributed by atoms with Crippen LogP contribution in [-0.2, 0) is 6.54 Å². The number of nitrogens with zero attached hydrogens (tertiary/aromatic N) is 1. The molecule has 0 aromatic heterocycles. The van der Waals surface area contributed by atoms with E-state index in [0.717, 1.165) is 0 Å². The van der Waals surface area contributed by atoms with Gasteiger partial charge in [-0.15, -0.1) is 0 Å². The molecule has 0 saturated carbocycles. The van der Waals surface area contributed by atoms with Crippen molar-refractivity contribution in [2.45, 2.75) is 78.2 Å². The molecule has 0 spiro atoms. The minimum Gasteiger partial charge on any atom is -0.322 e. The van der Waals surface area contributed by atoms with Crippen LogP contribution in [0.2, 0.25) is 0 Å². The van der Waals surface area contributed by atoms with E-state index in [1.807, 2.05) is 0 Å². The summed E-state index contributed by atoms with van der Waals surface area (Å²) >= 11 is 0. The van der Waals surface area contributed by atoms with E-state index in [0.29, 0.717) is 0 Å². The van der Waals surface area contributed by atoms with Crippen molar-refractivity contribution < 1.29 is 4.48 Å². The summed E-state index contributed by atoms with van der Waals surface area (Å²) < 4.78 is 1.22. The summed E-state index contributed by atoms with van der Waals surface area (Å²) in [4.78, 5) is 0. The number of unbranched alkanes of at least 4 members (excludes halogenated alkanes) is 7. The molecule has 0 aliphatic heterocycles. The summed E-state index contributed by atoms with van der Waals surface area (Å²) in [6.07, 6.45) is 12.5. The Hall–Kier alpha value is -0.820. The molecule has 126 valence electrons. The topological polar surface area (TPSA) is 0 Å². The maximum Gasteiger partial charge on any atom is 0.104 e. The van der Waals surface area contributed by atoms with Crippen molar-refractivity contribution in [3.05, 3.63) is 35.9 Å². The molecule has 0 amide bonds. The lowest BCUT2D eigenvalue weighted by Gasteiger charge is -2.35. The van der Waals surface area contributed by atoms with Crippen molar-refractivity contribution in [1.29, 1.82) is 0 Å². The minimum atomic E-state index is 1.19. The molecule has 0 aliphatic rings. The maximum atomic E-state index is 2.46. The highest BCUT2D eigenvalue weighted by molar-refractivity contribution is 5.13. The fraction of sp³-hybridized carbons (Fsp3) is 0.714. The SMILES string of the molecule is CCCCCCCCC[N+](C)(CCCC)Cc1ccccc1. The van der Waals surface area contributed by atoms with Gasteiger partial charge in [-0.05, 0) is 19.3 Å². The molecular weight excluding hydrogens is 266 g/mol. The lowest BCUT2D eigenvalue weighted by molar-refractivity contribution is -0.923. The Morgan fingerprint density at radius 1 is 0.682 bits per heavy atom. The third-order valence-electron chi connectivity index (χ3n) is 4.76. The maximum absolute atomic E-state index is 2.46. The first-order chi connectivity index (χ1) is 10.7. The molecule has 0 aliphatic carbocycles. The van der Waals surface area contributed by atoms with Crippen LogP contribution in [0.25, 0.3) is 0 Å². The average molecular weight is 305 g/mol. The molecule has 0 radical (unpaired) electrons. The Kier molecular flexibility index (Phi) is 10.2. The van der Waals surface area contributed by atoms with Crippen LogP contribution in [0.5, 0.6) is 0 Å². The fourth-order valence-corrected chi connectivity index (χ4v) is 3.28. The Balaban J connectivity index is 2.35. The van der Waals surface area contributed by atoms with Crippen molar-refractivity contribution in [2.24, 2.45) is 0 Å². The zero-order valence-electron chi connectivity index (χ0n) is 15.3. The number of benzene rings is 1. The van der Waals surface area contributed by atoms with Gasteiger partial charge in [0.2, 0.25) is 0 Å². The molecule has 0 bridgehead atoms. The van der Waals surface area contributed by atoms with Crippen molar-refractivity contribution in [3.8, 4) is 0 Å². The van der Waals surface area contributed by atoms with E-state index in [9.17, 15) is 0 Å². The standard InChI is InChI=1S/C21H38N/c1-4-6-8-9-10-11-15-19-22(3,18-7-5-2)20-21-16-13-12-14-17-21/h12-14,16-17H,4-11,15,18-20H2,1-3H3/q+1. The lowest BCUT2D eigenvalue weighted by Crippen LogP contribution is -2.44. The van der Waals surface area contributed by atoms with E-state index in [-0.39, 0.29) is 0 Å². The number of rotatable bonds is 13. The zero-order chi connectivity index (χ0) is 16.1. The predicted molar refractivity (Wildman–Crippen MR) is 99.0 cm³/mol. The molecule has 1 rings (SSSR count). The van der Waals surface area contributed by atoms with Crippen LogP contribution in [0.3, 0.4) is 0 Å². The van der Waals surface area contributed by atoms with E-state index in [4.69, 9.17) is 0 Å². The zero-order valence-corrected chi connectivity index (χ0v) is 15.3. The Labute approximate surface area is 139 Å². The van der Waals surface area contributed by atoms with Crippen LogP contribution in [0.4, 0.5) is 0 Å². The quantitative estimate of drug-likeness (QED) is 0.301. The van der Waals surface area contributed by atoms with Gasteiger partial charge in [-0.1, -0.05) is 82.7 Å². The summed E-state index contributed by atoms with van der Waals surface area (Å²) in [7, 11) is 2.46. The van der Waals surface area contributed by atoms with Crippen LogP contribution < -0.4 is 0 Å². The Bertz CT molecular complexity index is 359. The summed E-state index contributed by atoms with van der Waals surface area (Å²) in [5, 5.41) is 0.